The van der Waals surface area contributed by atoms with Gasteiger partial charge in [0, 0.05) is 4.73 Å². The minimum Gasteiger partial charge on any atom is -0.403 e. The lowest BCUT2D eigenvalue weighted by atomic mass is 9.82. The van der Waals surface area contributed by atoms with Crippen molar-refractivity contribution in [3.05, 3.63) is 0 Å². The summed E-state index contributed by atoms with van der Waals surface area (Å²) in [5.41, 5.74) is -0.425. The summed E-state index contributed by atoms with van der Waals surface area (Å²) in [6, 6.07) is 0. The molecule has 0 N–H and O–H groups in total. The third-order valence-corrected chi connectivity index (χ3v) is 4.29. The standard InChI is InChI=1S/C11H22BBrO2/c1-6-7-8-9(13)12-14-10(2,3)11(4,5)15-12/h9H,6-8H2,1-5H3/t9-/m1/s1. The largest absolute Gasteiger partial charge is 0.472 e. The van der Waals surface area contributed by atoms with Crippen molar-refractivity contribution in [1.82, 2.24) is 0 Å². The first-order valence-corrected chi connectivity index (χ1v) is 6.71. The lowest BCUT2D eigenvalue weighted by molar-refractivity contribution is 0.00578. The maximum Gasteiger partial charge on any atom is 0.472 e. The van der Waals surface area contributed by atoms with E-state index in [1.165, 1.54) is 12.8 Å². The van der Waals surface area contributed by atoms with E-state index < -0.39 is 0 Å². The van der Waals surface area contributed by atoms with Crippen LogP contribution in [0.3, 0.4) is 0 Å². The number of alkyl halides is 1. The Hall–Kier alpha value is 0.465. The molecule has 15 heavy (non-hydrogen) atoms. The summed E-state index contributed by atoms with van der Waals surface area (Å²) in [6.07, 6.45) is 3.52. The third kappa shape index (κ3) is 2.98. The molecule has 1 heterocycles. The van der Waals surface area contributed by atoms with Crippen LogP contribution in [-0.2, 0) is 9.31 Å². The SMILES string of the molecule is CCCC[C@@H](Br)B1OC(C)(C)C(C)(C)O1. The molecule has 0 aromatic rings. The normalized spacial score (nSPS) is 25.6. The van der Waals surface area contributed by atoms with Crippen LogP contribution < -0.4 is 0 Å². The molecule has 4 heteroatoms. The van der Waals surface area contributed by atoms with Gasteiger partial charge < -0.3 is 9.31 Å². The first kappa shape index (κ1) is 13.5. The highest BCUT2D eigenvalue weighted by molar-refractivity contribution is 9.10. The molecule has 1 atom stereocenters. The van der Waals surface area contributed by atoms with E-state index in [1.807, 2.05) is 0 Å². The molecule has 1 aliphatic heterocycles. The maximum absolute atomic E-state index is 5.95. The molecule has 0 spiro atoms. The van der Waals surface area contributed by atoms with E-state index >= 15 is 0 Å². The van der Waals surface area contributed by atoms with Crippen molar-refractivity contribution >= 4 is 23.0 Å². The maximum atomic E-state index is 5.95. The fourth-order valence-corrected chi connectivity index (χ4v) is 2.11. The number of rotatable bonds is 4. The van der Waals surface area contributed by atoms with E-state index in [1.54, 1.807) is 0 Å². The van der Waals surface area contributed by atoms with Gasteiger partial charge in [0.15, 0.2) is 0 Å². The molecule has 1 rings (SSSR count). The zero-order valence-electron chi connectivity index (χ0n) is 10.5. The van der Waals surface area contributed by atoms with Crippen molar-refractivity contribution in [3.63, 3.8) is 0 Å². The first-order valence-electron chi connectivity index (χ1n) is 5.80. The predicted molar refractivity (Wildman–Crippen MR) is 68.3 cm³/mol. The van der Waals surface area contributed by atoms with E-state index in [2.05, 4.69) is 50.5 Å². The molecular formula is C11H22BBrO2. The highest BCUT2D eigenvalue weighted by Crippen LogP contribution is 2.39. The molecule has 1 saturated heterocycles. The smallest absolute Gasteiger partial charge is 0.403 e. The Labute approximate surface area is 102 Å². The number of hydrogen-bond acceptors (Lipinski definition) is 2. The summed E-state index contributed by atoms with van der Waals surface area (Å²) in [5, 5.41) is 0. The van der Waals surface area contributed by atoms with Crippen LogP contribution in [0.25, 0.3) is 0 Å². The van der Waals surface area contributed by atoms with Crippen molar-refractivity contribution in [3.8, 4) is 0 Å². The highest BCUT2D eigenvalue weighted by Gasteiger charge is 2.53. The van der Waals surface area contributed by atoms with Crippen LogP contribution >= 0.6 is 15.9 Å². The van der Waals surface area contributed by atoms with Gasteiger partial charge in [0.2, 0.25) is 0 Å². The molecular weight excluding hydrogens is 255 g/mol. The first-order chi connectivity index (χ1) is 6.80. The van der Waals surface area contributed by atoms with Crippen molar-refractivity contribution < 1.29 is 9.31 Å². The van der Waals surface area contributed by atoms with Crippen molar-refractivity contribution in [2.75, 3.05) is 0 Å². The Bertz CT molecular complexity index is 203. The molecule has 1 fully saturated rings. The molecule has 0 aliphatic carbocycles. The Kier molecular flexibility index (Phi) is 4.30. The average molecular weight is 277 g/mol. The van der Waals surface area contributed by atoms with Crippen LogP contribution in [0, 0.1) is 0 Å². The predicted octanol–water partition coefficient (Wildman–Crippen LogP) is 3.57. The van der Waals surface area contributed by atoms with Crippen molar-refractivity contribution in [2.45, 2.75) is 69.8 Å². The molecule has 0 radical (unpaired) electrons. The van der Waals surface area contributed by atoms with Crippen LogP contribution in [0.2, 0.25) is 0 Å². The van der Waals surface area contributed by atoms with Gasteiger partial charge in [-0.05, 0) is 34.1 Å². The van der Waals surface area contributed by atoms with Gasteiger partial charge in [-0.1, -0.05) is 35.7 Å². The zero-order valence-corrected chi connectivity index (χ0v) is 12.1. The quantitative estimate of drug-likeness (QED) is 0.577. The summed E-state index contributed by atoms with van der Waals surface area (Å²) >= 11 is 3.66. The molecule has 88 valence electrons. The minimum absolute atomic E-state index is 0.110. The van der Waals surface area contributed by atoms with Crippen LogP contribution in [0.1, 0.15) is 53.9 Å². The fraction of sp³-hybridized carbons (Fsp3) is 1.00. The highest BCUT2D eigenvalue weighted by atomic mass is 79.9. The summed E-state index contributed by atoms with van der Waals surface area (Å²) in [5.74, 6) is 0. The number of unbranched alkanes of at least 4 members (excludes halogenated alkanes) is 1. The molecule has 0 saturated carbocycles. The van der Waals surface area contributed by atoms with Crippen LogP contribution in [-0.4, -0.2) is 23.0 Å². The van der Waals surface area contributed by atoms with Crippen molar-refractivity contribution in [2.24, 2.45) is 0 Å². The van der Waals surface area contributed by atoms with E-state index in [0.717, 1.165) is 6.42 Å². The number of hydrogen-bond donors (Lipinski definition) is 0. The van der Waals surface area contributed by atoms with E-state index in [9.17, 15) is 0 Å². The molecule has 0 bridgehead atoms. The van der Waals surface area contributed by atoms with Gasteiger partial charge in [0.05, 0.1) is 11.2 Å². The van der Waals surface area contributed by atoms with Gasteiger partial charge in [-0.3, -0.25) is 0 Å². The summed E-state index contributed by atoms with van der Waals surface area (Å²) < 4.78 is 12.2. The van der Waals surface area contributed by atoms with Gasteiger partial charge in [0.1, 0.15) is 0 Å². The molecule has 1 aliphatic rings. The minimum atomic E-state index is -0.212. The molecule has 0 amide bonds. The number of halogens is 1. The zero-order chi connectivity index (χ0) is 11.7. The summed E-state index contributed by atoms with van der Waals surface area (Å²) in [7, 11) is -0.110. The lowest BCUT2D eigenvalue weighted by Gasteiger charge is -2.32. The van der Waals surface area contributed by atoms with Gasteiger partial charge >= 0.3 is 7.12 Å². The summed E-state index contributed by atoms with van der Waals surface area (Å²) in [4.78, 5) is 0. The summed E-state index contributed by atoms with van der Waals surface area (Å²) in [6.45, 7) is 10.6. The van der Waals surface area contributed by atoms with Crippen LogP contribution in [0.4, 0.5) is 0 Å². The monoisotopic (exact) mass is 276 g/mol. The Morgan fingerprint density at radius 3 is 2.00 bits per heavy atom. The van der Waals surface area contributed by atoms with Crippen LogP contribution in [0.15, 0.2) is 0 Å². The average Bonchev–Trinajstić information content (AvgIpc) is 2.32. The molecule has 0 aromatic heterocycles. The second kappa shape index (κ2) is 4.76. The van der Waals surface area contributed by atoms with Gasteiger partial charge in [-0.2, -0.15) is 0 Å². The second-order valence-corrected chi connectivity index (χ2v) is 6.46. The topological polar surface area (TPSA) is 18.5 Å². The lowest BCUT2D eigenvalue weighted by Crippen LogP contribution is -2.41. The third-order valence-electron chi connectivity index (χ3n) is 3.40. The molecule has 0 aromatic carbocycles. The van der Waals surface area contributed by atoms with E-state index in [-0.39, 0.29) is 18.3 Å². The van der Waals surface area contributed by atoms with Gasteiger partial charge in [0.25, 0.3) is 0 Å². The Balaban J connectivity index is 2.54. The Morgan fingerprint density at radius 2 is 1.60 bits per heavy atom. The Morgan fingerprint density at radius 1 is 1.13 bits per heavy atom. The van der Waals surface area contributed by atoms with Gasteiger partial charge in [-0.25, -0.2) is 0 Å². The van der Waals surface area contributed by atoms with Crippen molar-refractivity contribution in [1.29, 1.82) is 0 Å². The molecule has 0 unspecified atom stereocenters. The molecule has 2 nitrogen and oxygen atoms in total. The van der Waals surface area contributed by atoms with Gasteiger partial charge in [-0.15, -0.1) is 0 Å². The second-order valence-electron chi connectivity index (χ2n) is 5.28. The van der Waals surface area contributed by atoms with E-state index in [0.29, 0.717) is 4.73 Å². The van der Waals surface area contributed by atoms with Crippen LogP contribution in [0.5, 0.6) is 0 Å². The fourth-order valence-electron chi connectivity index (χ4n) is 1.57. The van der Waals surface area contributed by atoms with E-state index in [4.69, 9.17) is 9.31 Å².